The van der Waals surface area contributed by atoms with Crippen LogP contribution in [-0.2, 0) is 12.8 Å². The largest absolute Gasteiger partial charge is 0.504 e. The van der Waals surface area contributed by atoms with Gasteiger partial charge in [-0.1, -0.05) is 12.8 Å². The van der Waals surface area contributed by atoms with Crippen molar-refractivity contribution in [2.75, 3.05) is 0 Å². The van der Waals surface area contributed by atoms with Crippen LogP contribution in [0.25, 0.3) is 0 Å². The first kappa shape index (κ1) is 14.2. The van der Waals surface area contributed by atoms with E-state index in [1.54, 1.807) is 0 Å². The number of rotatable bonds is 2. The van der Waals surface area contributed by atoms with Gasteiger partial charge in [-0.25, -0.2) is 9.59 Å². The molecule has 6 nitrogen and oxygen atoms in total. The molecule has 0 saturated carbocycles. The van der Waals surface area contributed by atoms with E-state index in [2.05, 4.69) is 0 Å². The second-order valence-corrected chi connectivity index (χ2v) is 4.93. The molecule has 4 N–H and O–H groups in total. The van der Waals surface area contributed by atoms with Crippen LogP contribution < -0.4 is 0 Å². The molecule has 0 aliphatic heterocycles. The lowest BCUT2D eigenvalue weighted by atomic mass is 9.90. The van der Waals surface area contributed by atoms with Crippen LogP contribution in [0.5, 0.6) is 11.5 Å². The molecule has 2 rings (SSSR count). The fourth-order valence-electron chi connectivity index (χ4n) is 2.77. The predicted molar refractivity (Wildman–Crippen MR) is 69.6 cm³/mol. The van der Waals surface area contributed by atoms with E-state index in [-0.39, 0.29) is 23.1 Å². The van der Waals surface area contributed by atoms with Gasteiger partial charge in [-0.05, 0) is 31.2 Å². The van der Waals surface area contributed by atoms with Gasteiger partial charge in [-0.2, -0.15) is 0 Å². The highest BCUT2D eigenvalue weighted by atomic mass is 16.4. The number of hydrogen-bond acceptors (Lipinski definition) is 4. The molecule has 6 heteroatoms. The van der Waals surface area contributed by atoms with Crippen molar-refractivity contribution in [3.05, 3.63) is 22.3 Å². The van der Waals surface area contributed by atoms with Gasteiger partial charge in [0.05, 0.1) is 5.56 Å². The summed E-state index contributed by atoms with van der Waals surface area (Å²) in [5, 5.41) is 38.4. The van der Waals surface area contributed by atoms with Crippen molar-refractivity contribution in [1.29, 1.82) is 0 Å². The minimum absolute atomic E-state index is 0.109. The van der Waals surface area contributed by atoms with Gasteiger partial charge in [0.1, 0.15) is 5.56 Å². The Hall–Kier alpha value is -2.24. The Morgan fingerprint density at radius 1 is 0.700 bits per heavy atom. The number of carbonyl (C=O) groups is 2. The average molecular weight is 280 g/mol. The van der Waals surface area contributed by atoms with Gasteiger partial charge in [-0.3, -0.25) is 0 Å². The lowest BCUT2D eigenvalue weighted by molar-refractivity contribution is 0.0691. The molecule has 1 aromatic carbocycles. The van der Waals surface area contributed by atoms with Crippen LogP contribution >= 0.6 is 0 Å². The molecule has 0 spiro atoms. The molecule has 0 aromatic heterocycles. The summed E-state index contributed by atoms with van der Waals surface area (Å²) in [5.74, 6) is -4.05. The maximum absolute atomic E-state index is 11.5. The quantitative estimate of drug-likeness (QED) is 0.617. The summed E-state index contributed by atoms with van der Waals surface area (Å²) in [6, 6.07) is 0. The van der Waals surface area contributed by atoms with E-state index < -0.39 is 29.0 Å². The first-order valence-corrected chi connectivity index (χ1v) is 6.51. The van der Waals surface area contributed by atoms with Gasteiger partial charge in [-0.15, -0.1) is 0 Å². The van der Waals surface area contributed by atoms with Gasteiger partial charge in [0.15, 0.2) is 11.5 Å². The van der Waals surface area contributed by atoms with Gasteiger partial charge in [0, 0.05) is 5.56 Å². The van der Waals surface area contributed by atoms with Crippen molar-refractivity contribution in [2.45, 2.75) is 38.5 Å². The van der Waals surface area contributed by atoms with Crippen molar-refractivity contribution in [3.63, 3.8) is 0 Å². The maximum Gasteiger partial charge on any atom is 0.339 e. The number of carboxylic acids is 2. The minimum Gasteiger partial charge on any atom is -0.504 e. The second kappa shape index (κ2) is 5.40. The molecule has 108 valence electrons. The number of benzene rings is 1. The van der Waals surface area contributed by atoms with E-state index in [4.69, 9.17) is 0 Å². The topological polar surface area (TPSA) is 115 Å². The standard InChI is InChI=1S/C14H16O6/c15-11-8-6-4-2-1-3-5-7(9(8)13(17)18)10(12(11)16)14(19)20/h15-16H,1-6H2,(H,17,18)(H,19,20). The summed E-state index contributed by atoms with van der Waals surface area (Å²) in [6.45, 7) is 0. The minimum atomic E-state index is -1.43. The Morgan fingerprint density at radius 3 is 1.70 bits per heavy atom. The summed E-state index contributed by atoms with van der Waals surface area (Å²) in [4.78, 5) is 22.7. The van der Waals surface area contributed by atoms with Gasteiger partial charge < -0.3 is 20.4 Å². The first-order chi connectivity index (χ1) is 9.45. The summed E-state index contributed by atoms with van der Waals surface area (Å²) >= 11 is 0. The van der Waals surface area contributed by atoms with Crippen molar-refractivity contribution in [2.24, 2.45) is 0 Å². The van der Waals surface area contributed by atoms with Crippen LogP contribution in [0.3, 0.4) is 0 Å². The molecule has 0 amide bonds. The number of hydrogen-bond donors (Lipinski definition) is 4. The maximum atomic E-state index is 11.5. The van der Waals surface area contributed by atoms with E-state index in [9.17, 15) is 30.0 Å². The third-order valence-corrected chi connectivity index (χ3v) is 3.68. The summed E-state index contributed by atoms with van der Waals surface area (Å²) in [6.07, 6.45) is 3.67. The zero-order valence-corrected chi connectivity index (χ0v) is 10.8. The Labute approximate surface area is 115 Å². The zero-order chi connectivity index (χ0) is 14.9. The molecule has 0 saturated heterocycles. The molecule has 0 radical (unpaired) electrons. The highest BCUT2D eigenvalue weighted by Crippen LogP contribution is 2.41. The Balaban J connectivity index is 2.82. The zero-order valence-electron chi connectivity index (χ0n) is 10.8. The number of phenols is 2. The monoisotopic (exact) mass is 280 g/mol. The van der Waals surface area contributed by atoms with Gasteiger partial charge in [0.25, 0.3) is 0 Å². The molecule has 1 aromatic rings. The van der Waals surface area contributed by atoms with Crippen molar-refractivity contribution in [1.82, 2.24) is 0 Å². The van der Waals surface area contributed by atoms with Crippen LogP contribution in [0.2, 0.25) is 0 Å². The second-order valence-electron chi connectivity index (χ2n) is 4.93. The van der Waals surface area contributed by atoms with E-state index in [0.29, 0.717) is 19.3 Å². The number of carboxylic acid groups (broad SMARTS) is 2. The van der Waals surface area contributed by atoms with E-state index in [1.807, 2.05) is 0 Å². The Morgan fingerprint density at radius 2 is 1.20 bits per heavy atom. The smallest absolute Gasteiger partial charge is 0.339 e. The van der Waals surface area contributed by atoms with Crippen molar-refractivity contribution in [3.8, 4) is 11.5 Å². The summed E-state index contributed by atoms with van der Waals surface area (Å²) in [7, 11) is 0. The van der Waals surface area contributed by atoms with Gasteiger partial charge >= 0.3 is 11.9 Å². The number of aromatic hydroxyl groups is 2. The van der Waals surface area contributed by atoms with Crippen LogP contribution in [0.4, 0.5) is 0 Å². The highest BCUT2D eigenvalue weighted by molar-refractivity contribution is 6.01. The molecular weight excluding hydrogens is 264 g/mol. The molecular formula is C14H16O6. The average Bonchev–Trinajstić information content (AvgIpc) is 2.45. The fourth-order valence-corrected chi connectivity index (χ4v) is 2.77. The highest BCUT2D eigenvalue weighted by Gasteiger charge is 2.30. The van der Waals surface area contributed by atoms with Crippen LogP contribution in [-0.4, -0.2) is 32.4 Å². The molecule has 0 atom stereocenters. The fraction of sp³-hybridized carbons (Fsp3) is 0.429. The predicted octanol–water partition coefficient (Wildman–Crippen LogP) is 2.15. The number of fused-ring (bicyclic) bond motifs is 2. The first-order valence-electron chi connectivity index (χ1n) is 6.51. The molecule has 0 heterocycles. The van der Waals surface area contributed by atoms with E-state index >= 15 is 0 Å². The molecule has 1 aliphatic rings. The molecule has 2 bridgehead atoms. The number of aromatic carboxylic acids is 2. The SMILES string of the molecule is O=C(O)c1c(O)c(O)c2c(C(=O)O)c1CCCCCC2. The third kappa shape index (κ3) is 2.29. The molecule has 0 fully saturated rings. The lowest BCUT2D eigenvalue weighted by Gasteiger charge is -2.16. The molecule has 0 unspecified atom stereocenters. The lowest BCUT2D eigenvalue weighted by Crippen LogP contribution is -2.14. The van der Waals surface area contributed by atoms with Crippen LogP contribution in [0.15, 0.2) is 0 Å². The van der Waals surface area contributed by atoms with Gasteiger partial charge in [0.2, 0.25) is 0 Å². The summed E-state index contributed by atoms with van der Waals surface area (Å²) < 4.78 is 0. The summed E-state index contributed by atoms with van der Waals surface area (Å²) in [5.41, 5.74) is -0.417. The van der Waals surface area contributed by atoms with Crippen LogP contribution in [0.1, 0.15) is 57.5 Å². The Bertz CT molecular complexity index is 576. The van der Waals surface area contributed by atoms with Crippen molar-refractivity contribution >= 4 is 11.9 Å². The third-order valence-electron chi connectivity index (χ3n) is 3.68. The number of phenolic OH excluding ortho intramolecular Hbond substituents is 1. The Kier molecular flexibility index (Phi) is 3.83. The van der Waals surface area contributed by atoms with Crippen LogP contribution in [0, 0.1) is 0 Å². The molecule has 20 heavy (non-hydrogen) atoms. The normalized spacial score (nSPS) is 15.0. The van der Waals surface area contributed by atoms with E-state index in [0.717, 1.165) is 12.8 Å². The van der Waals surface area contributed by atoms with Crippen molar-refractivity contribution < 1.29 is 30.0 Å². The molecule has 1 aliphatic carbocycles. The van der Waals surface area contributed by atoms with E-state index in [1.165, 1.54) is 0 Å².